The Labute approximate surface area is 102 Å². The summed E-state index contributed by atoms with van der Waals surface area (Å²) in [5.74, 6) is 0. The van der Waals surface area contributed by atoms with Crippen LogP contribution >= 0.6 is 7.37 Å². The molecule has 0 radical (unpaired) electrons. The van der Waals surface area contributed by atoms with Crippen LogP contribution in [0, 0.1) is 5.41 Å². The molecule has 0 amide bonds. The van der Waals surface area contributed by atoms with Gasteiger partial charge in [-0.15, -0.1) is 0 Å². The fourth-order valence-electron chi connectivity index (χ4n) is 1.89. The second kappa shape index (κ2) is 7.50. The van der Waals surface area contributed by atoms with Crippen LogP contribution in [0.1, 0.15) is 59.8 Å². The molecule has 0 aliphatic rings. The van der Waals surface area contributed by atoms with Gasteiger partial charge in [0.2, 0.25) is 0 Å². The highest BCUT2D eigenvalue weighted by Crippen LogP contribution is 2.46. The van der Waals surface area contributed by atoms with E-state index in [1.807, 2.05) is 6.92 Å². The number of hydrogen-bond acceptors (Lipinski definition) is 2. The molecule has 16 heavy (non-hydrogen) atoms. The minimum Gasteiger partial charge on any atom is -0.329 e. The number of rotatable bonds is 9. The van der Waals surface area contributed by atoms with Gasteiger partial charge in [0, 0.05) is 12.8 Å². The van der Waals surface area contributed by atoms with Crippen molar-refractivity contribution in [3.05, 3.63) is 0 Å². The Bertz CT molecular complexity index is 228. The first kappa shape index (κ1) is 16.2. The van der Waals surface area contributed by atoms with E-state index in [2.05, 4.69) is 20.8 Å². The minimum atomic E-state index is -2.33. The first-order valence-corrected chi connectivity index (χ1v) is 8.86. The van der Waals surface area contributed by atoms with Gasteiger partial charge in [0.05, 0.1) is 6.61 Å². The van der Waals surface area contributed by atoms with E-state index in [0.717, 1.165) is 12.6 Å². The van der Waals surface area contributed by atoms with Crippen molar-refractivity contribution in [2.75, 3.05) is 19.4 Å². The molecule has 0 fully saturated rings. The maximum atomic E-state index is 12.0. The first-order valence-electron chi connectivity index (χ1n) is 6.60. The zero-order chi connectivity index (χ0) is 12.7. The lowest BCUT2D eigenvalue weighted by molar-refractivity contribution is 0.259. The van der Waals surface area contributed by atoms with Crippen LogP contribution in [0.4, 0.5) is 0 Å². The van der Waals surface area contributed by atoms with Gasteiger partial charge in [-0.3, -0.25) is 4.57 Å². The zero-order valence-electron chi connectivity index (χ0n) is 11.7. The van der Waals surface area contributed by atoms with Gasteiger partial charge in [0.15, 0.2) is 7.37 Å². The van der Waals surface area contributed by atoms with Gasteiger partial charge in [0.25, 0.3) is 0 Å². The molecule has 0 aromatic carbocycles. The fourth-order valence-corrected chi connectivity index (χ4v) is 3.51. The third kappa shape index (κ3) is 6.70. The lowest BCUT2D eigenvalue weighted by Crippen LogP contribution is -2.17. The topological polar surface area (TPSA) is 26.3 Å². The third-order valence-electron chi connectivity index (χ3n) is 3.51. The SMILES string of the molecule is CCCCC(C)(CC)CCP(C)(=O)OCC. The van der Waals surface area contributed by atoms with E-state index in [-0.39, 0.29) is 0 Å². The van der Waals surface area contributed by atoms with Gasteiger partial charge < -0.3 is 4.52 Å². The lowest BCUT2D eigenvalue weighted by Gasteiger charge is -2.29. The summed E-state index contributed by atoms with van der Waals surface area (Å²) in [4.78, 5) is 0. The molecule has 0 N–H and O–H groups in total. The van der Waals surface area contributed by atoms with E-state index in [9.17, 15) is 4.57 Å². The molecule has 0 rings (SSSR count). The fraction of sp³-hybridized carbons (Fsp3) is 1.00. The van der Waals surface area contributed by atoms with Gasteiger partial charge in [-0.2, -0.15) is 0 Å². The molecular weight excluding hydrogens is 219 g/mol. The maximum Gasteiger partial charge on any atom is 0.200 e. The van der Waals surface area contributed by atoms with E-state index >= 15 is 0 Å². The molecule has 0 aliphatic carbocycles. The standard InChI is InChI=1S/C13H29O2P/c1-6-9-10-13(4,7-2)11-12-16(5,14)15-8-3/h6-12H2,1-5H3. The van der Waals surface area contributed by atoms with Crippen LogP contribution in [0.2, 0.25) is 0 Å². The first-order chi connectivity index (χ1) is 7.39. The van der Waals surface area contributed by atoms with Crippen LogP contribution in [0.15, 0.2) is 0 Å². The largest absolute Gasteiger partial charge is 0.329 e. The van der Waals surface area contributed by atoms with E-state index in [1.165, 1.54) is 25.7 Å². The predicted molar refractivity (Wildman–Crippen MR) is 72.6 cm³/mol. The van der Waals surface area contributed by atoms with Crippen LogP contribution < -0.4 is 0 Å². The summed E-state index contributed by atoms with van der Waals surface area (Å²) >= 11 is 0. The van der Waals surface area contributed by atoms with E-state index in [4.69, 9.17) is 4.52 Å². The molecule has 2 nitrogen and oxygen atoms in total. The van der Waals surface area contributed by atoms with E-state index in [0.29, 0.717) is 12.0 Å². The van der Waals surface area contributed by atoms with Crippen LogP contribution in [0.5, 0.6) is 0 Å². The molecule has 2 atom stereocenters. The smallest absolute Gasteiger partial charge is 0.200 e. The summed E-state index contributed by atoms with van der Waals surface area (Å²) in [6, 6.07) is 0. The van der Waals surface area contributed by atoms with Gasteiger partial charge >= 0.3 is 0 Å². The quantitative estimate of drug-likeness (QED) is 0.541. The van der Waals surface area contributed by atoms with Crippen molar-refractivity contribution in [3.8, 4) is 0 Å². The summed E-state index contributed by atoms with van der Waals surface area (Å²) in [5.41, 5.74) is 0.346. The van der Waals surface area contributed by atoms with Crippen molar-refractivity contribution in [2.24, 2.45) is 5.41 Å². The van der Waals surface area contributed by atoms with Crippen molar-refractivity contribution in [3.63, 3.8) is 0 Å². The second-order valence-corrected chi connectivity index (χ2v) is 7.91. The molecule has 0 saturated carbocycles. The van der Waals surface area contributed by atoms with E-state index < -0.39 is 7.37 Å². The molecule has 0 aromatic heterocycles. The normalized spacial score (nSPS) is 19.1. The molecule has 0 aromatic rings. The molecule has 2 unspecified atom stereocenters. The Balaban J connectivity index is 4.17. The average molecular weight is 248 g/mol. The van der Waals surface area contributed by atoms with Crippen LogP contribution in [-0.2, 0) is 9.09 Å². The molecule has 0 bridgehead atoms. The Morgan fingerprint density at radius 3 is 2.25 bits per heavy atom. The molecule has 0 saturated heterocycles. The summed E-state index contributed by atoms with van der Waals surface area (Å²) in [5, 5.41) is 0. The van der Waals surface area contributed by atoms with Crippen LogP contribution in [0.25, 0.3) is 0 Å². The van der Waals surface area contributed by atoms with Crippen molar-refractivity contribution in [1.82, 2.24) is 0 Å². The summed E-state index contributed by atoms with van der Waals surface area (Å²) in [7, 11) is -2.33. The van der Waals surface area contributed by atoms with Crippen LogP contribution in [-0.4, -0.2) is 19.4 Å². The van der Waals surface area contributed by atoms with Gasteiger partial charge in [-0.05, 0) is 25.2 Å². The lowest BCUT2D eigenvalue weighted by atomic mass is 9.80. The summed E-state index contributed by atoms with van der Waals surface area (Å²) < 4.78 is 17.4. The minimum absolute atomic E-state index is 0.346. The van der Waals surface area contributed by atoms with Gasteiger partial charge in [-0.1, -0.05) is 40.0 Å². The summed E-state index contributed by atoms with van der Waals surface area (Å²) in [6.07, 6.45) is 6.68. The van der Waals surface area contributed by atoms with Crippen molar-refractivity contribution in [1.29, 1.82) is 0 Å². The van der Waals surface area contributed by atoms with Crippen LogP contribution in [0.3, 0.4) is 0 Å². The maximum absolute atomic E-state index is 12.0. The molecule has 3 heteroatoms. The van der Waals surface area contributed by atoms with Crippen molar-refractivity contribution in [2.45, 2.75) is 59.8 Å². The highest BCUT2D eigenvalue weighted by Gasteiger charge is 2.25. The summed E-state index contributed by atoms with van der Waals surface area (Å²) in [6.45, 7) is 11.0. The van der Waals surface area contributed by atoms with Gasteiger partial charge in [-0.25, -0.2) is 0 Å². The van der Waals surface area contributed by atoms with Crippen molar-refractivity contribution >= 4 is 7.37 Å². The Kier molecular flexibility index (Phi) is 7.59. The zero-order valence-corrected chi connectivity index (χ0v) is 12.6. The highest BCUT2D eigenvalue weighted by atomic mass is 31.2. The second-order valence-electron chi connectivity index (χ2n) is 5.17. The average Bonchev–Trinajstić information content (AvgIpc) is 2.24. The van der Waals surface area contributed by atoms with E-state index in [1.54, 1.807) is 6.66 Å². The number of hydrogen-bond donors (Lipinski definition) is 0. The Hall–Kier alpha value is 0.190. The monoisotopic (exact) mass is 248 g/mol. The Morgan fingerprint density at radius 2 is 1.81 bits per heavy atom. The number of unbranched alkanes of at least 4 members (excludes halogenated alkanes) is 1. The Morgan fingerprint density at radius 1 is 1.19 bits per heavy atom. The molecule has 0 spiro atoms. The molecule has 0 aliphatic heterocycles. The van der Waals surface area contributed by atoms with Crippen molar-refractivity contribution < 1.29 is 9.09 Å². The molecular formula is C13H29O2P. The molecule has 98 valence electrons. The third-order valence-corrected chi connectivity index (χ3v) is 5.35. The predicted octanol–water partition coefficient (Wildman–Crippen LogP) is 4.93. The molecule has 0 heterocycles. The highest BCUT2D eigenvalue weighted by molar-refractivity contribution is 7.58. The van der Waals surface area contributed by atoms with Gasteiger partial charge in [0.1, 0.15) is 0 Å².